The molecule has 2 nitrogen and oxygen atoms in total. The number of aromatic amines is 1. The molecule has 1 N–H and O–H groups in total. The van der Waals surface area contributed by atoms with E-state index in [9.17, 15) is 0 Å². The molecule has 0 aliphatic rings. The molecule has 10 heavy (non-hydrogen) atoms. The van der Waals surface area contributed by atoms with Gasteiger partial charge in [0.1, 0.15) is 0 Å². The maximum Gasteiger partial charge on any atom is 0.0774 e. The summed E-state index contributed by atoms with van der Waals surface area (Å²) in [6, 6.07) is 1.90. The monoisotopic (exact) mass is 158 g/mol. The summed E-state index contributed by atoms with van der Waals surface area (Å²) in [5, 5.41) is 6.71. The van der Waals surface area contributed by atoms with Gasteiger partial charge in [0, 0.05) is 6.20 Å². The second-order valence-electron chi connectivity index (χ2n) is 2.66. The van der Waals surface area contributed by atoms with Gasteiger partial charge < -0.3 is 0 Å². The molecule has 0 radical (unpaired) electrons. The average Bonchev–Trinajstić information content (AvgIpc) is 2.36. The molecule has 0 fully saturated rings. The Balaban J connectivity index is 2.68. The van der Waals surface area contributed by atoms with E-state index < -0.39 is 0 Å². The van der Waals surface area contributed by atoms with Crippen molar-refractivity contribution >= 4 is 11.6 Å². The number of hydrogen-bond acceptors (Lipinski definition) is 1. The first-order chi connectivity index (χ1) is 4.72. The summed E-state index contributed by atoms with van der Waals surface area (Å²) in [6.07, 6.45) is 1.72. The van der Waals surface area contributed by atoms with Gasteiger partial charge in [0.15, 0.2) is 0 Å². The van der Waals surface area contributed by atoms with Crippen LogP contribution in [0.2, 0.25) is 0 Å². The van der Waals surface area contributed by atoms with Crippen LogP contribution in [0.3, 0.4) is 0 Å². The molecule has 56 valence electrons. The maximum atomic E-state index is 6.01. The van der Waals surface area contributed by atoms with Gasteiger partial charge in [0.2, 0.25) is 0 Å². The summed E-state index contributed by atoms with van der Waals surface area (Å²) in [5.41, 5.74) is 0.997. The molecule has 3 heteroatoms. The fourth-order valence-corrected chi connectivity index (χ4v) is 0.901. The Morgan fingerprint density at radius 2 is 2.30 bits per heavy atom. The number of rotatable bonds is 2. The zero-order valence-corrected chi connectivity index (χ0v) is 6.89. The highest BCUT2D eigenvalue weighted by Gasteiger charge is 2.12. The van der Waals surface area contributed by atoms with E-state index in [0.29, 0.717) is 5.92 Å². The van der Waals surface area contributed by atoms with Crippen LogP contribution in [0.1, 0.15) is 24.9 Å². The number of nitrogens with zero attached hydrogens (tertiary/aromatic N) is 1. The quantitative estimate of drug-likeness (QED) is 0.658. The second-order valence-corrected chi connectivity index (χ2v) is 3.13. The summed E-state index contributed by atoms with van der Waals surface area (Å²) in [4.78, 5) is 0. The van der Waals surface area contributed by atoms with E-state index in [1.165, 1.54) is 0 Å². The minimum Gasteiger partial charge on any atom is -0.281 e. The minimum absolute atomic E-state index is 0.0579. The third-order valence-corrected chi connectivity index (χ3v) is 2.14. The van der Waals surface area contributed by atoms with E-state index in [0.717, 1.165) is 5.69 Å². The standard InChI is InChI=1S/C7H11ClN2/c1-5(2)7(8)6-3-4-9-10-6/h3-5,7H,1-2H3,(H,9,10). The molecule has 0 aliphatic heterocycles. The van der Waals surface area contributed by atoms with E-state index in [2.05, 4.69) is 24.0 Å². The van der Waals surface area contributed by atoms with Gasteiger partial charge in [0.25, 0.3) is 0 Å². The Hall–Kier alpha value is -0.500. The summed E-state index contributed by atoms with van der Waals surface area (Å²) in [5.74, 6) is 0.446. The largest absolute Gasteiger partial charge is 0.281 e. The normalized spacial score (nSPS) is 14.0. The van der Waals surface area contributed by atoms with Crippen LogP contribution in [0.25, 0.3) is 0 Å². The molecular formula is C7H11ClN2. The summed E-state index contributed by atoms with van der Waals surface area (Å²) < 4.78 is 0. The predicted octanol–water partition coefficient (Wildman–Crippen LogP) is 2.35. The Morgan fingerprint density at radius 1 is 1.60 bits per heavy atom. The zero-order chi connectivity index (χ0) is 7.56. The lowest BCUT2D eigenvalue weighted by atomic mass is 10.1. The Bertz CT molecular complexity index is 181. The number of halogens is 1. The van der Waals surface area contributed by atoms with Crippen molar-refractivity contribution in [1.82, 2.24) is 10.2 Å². The average molecular weight is 159 g/mol. The molecule has 1 atom stereocenters. The molecule has 0 spiro atoms. The van der Waals surface area contributed by atoms with E-state index in [1.54, 1.807) is 6.20 Å². The number of hydrogen-bond donors (Lipinski definition) is 1. The number of nitrogens with one attached hydrogen (secondary N) is 1. The van der Waals surface area contributed by atoms with E-state index in [-0.39, 0.29) is 5.38 Å². The first-order valence-electron chi connectivity index (χ1n) is 3.35. The van der Waals surface area contributed by atoms with Crippen molar-refractivity contribution < 1.29 is 0 Å². The van der Waals surface area contributed by atoms with Crippen LogP contribution in [0.4, 0.5) is 0 Å². The molecular weight excluding hydrogens is 148 g/mol. The SMILES string of the molecule is CC(C)C(Cl)c1ccn[nH]1. The Kier molecular flexibility index (Phi) is 2.33. The van der Waals surface area contributed by atoms with Gasteiger partial charge >= 0.3 is 0 Å². The van der Waals surface area contributed by atoms with Crippen LogP contribution in [0, 0.1) is 5.92 Å². The maximum absolute atomic E-state index is 6.01. The first kappa shape index (κ1) is 7.61. The number of H-pyrrole nitrogens is 1. The van der Waals surface area contributed by atoms with Gasteiger partial charge in [-0.2, -0.15) is 5.10 Å². The van der Waals surface area contributed by atoms with Crippen molar-refractivity contribution in [3.05, 3.63) is 18.0 Å². The molecule has 1 heterocycles. The van der Waals surface area contributed by atoms with Crippen molar-refractivity contribution in [3.63, 3.8) is 0 Å². The summed E-state index contributed by atoms with van der Waals surface area (Å²) in [7, 11) is 0. The fraction of sp³-hybridized carbons (Fsp3) is 0.571. The number of aromatic nitrogens is 2. The van der Waals surface area contributed by atoms with Crippen LogP contribution in [0.15, 0.2) is 12.3 Å². The van der Waals surface area contributed by atoms with Crippen LogP contribution in [0.5, 0.6) is 0 Å². The van der Waals surface area contributed by atoms with Crippen molar-refractivity contribution in [1.29, 1.82) is 0 Å². The summed E-state index contributed by atoms with van der Waals surface area (Å²) in [6.45, 7) is 4.16. The van der Waals surface area contributed by atoms with Crippen molar-refractivity contribution in [3.8, 4) is 0 Å². The van der Waals surface area contributed by atoms with Crippen LogP contribution < -0.4 is 0 Å². The molecule has 0 saturated carbocycles. The molecule has 1 rings (SSSR count). The smallest absolute Gasteiger partial charge is 0.0774 e. The highest BCUT2D eigenvalue weighted by Crippen LogP contribution is 2.25. The molecule has 1 unspecified atom stereocenters. The van der Waals surface area contributed by atoms with Gasteiger partial charge in [-0.1, -0.05) is 13.8 Å². The van der Waals surface area contributed by atoms with E-state index in [4.69, 9.17) is 11.6 Å². The molecule has 0 amide bonds. The van der Waals surface area contributed by atoms with Crippen LogP contribution in [-0.4, -0.2) is 10.2 Å². The van der Waals surface area contributed by atoms with Gasteiger partial charge in [-0.05, 0) is 12.0 Å². The van der Waals surface area contributed by atoms with Gasteiger partial charge in [-0.3, -0.25) is 5.10 Å². The third kappa shape index (κ3) is 1.51. The van der Waals surface area contributed by atoms with Gasteiger partial charge in [-0.15, -0.1) is 11.6 Å². The molecule has 0 aromatic carbocycles. The Morgan fingerprint density at radius 3 is 2.70 bits per heavy atom. The Labute approximate surface area is 65.6 Å². The van der Waals surface area contributed by atoms with E-state index in [1.807, 2.05) is 6.07 Å². The second kappa shape index (κ2) is 3.06. The van der Waals surface area contributed by atoms with Gasteiger partial charge in [-0.25, -0.2) is 0 Å². The lowest BCUT2D eigenvalue weighted by Gasteiger charge is -2.09. The number of alkyl halides is 1. The molecule has 0 bridgehead atoms. The lowest BCUT2D eigenvalue weighted by molar-refractivity contribution is 0.610. The van der Waals surface area contributed by atoms with Gasteiger partial charge in [0.05, 0.1) is 11.1 Å². The van der Waals surface area contributed by atoms with Crippen molar-refractivity contribution in [2.45, 2.75) is 19.2 Å². The molecule has 1 aromatic rings. The highest BCUT2D eigenvalue weighted by molar-refractivity contribution is 6.20. The molecule has 0 saturated heterocycles. The molecule has 0 aliphatic carbocycles. The first-order valence-corrected chi connectivity index (χ1v) is 3.79. The minimum atomic E-state index is 0.0579. The van der Waals surface area contributed by atoms with Crippen molar-refractivity contribution in [2.75, 3.05) is 0 Å². The predicted molar refractivity (Wildman–Crippen MR) is 42.0 cm³/mol. The topological polar surface area (TPSA) is 28.7 Å². The summed E-state index contributed by atoms with van der Waals surface area (Å²) >= 11 is 6.01. The van der Waals surface area contributed by atoms with Crippen LogP contribution in [-0.2, 0) is 0 Å². The zero-order valence-electron chi connectivity index (χ0n) is 6.13. The lowest BCUT2D eigenvalue weighted by Crippen LogP contribution is -1.99. The molecule has 1 aromatic heterocycles. The third-order valence-electron chi connectivity index (χ3n) is 1.40. The van der Waals surface area contributed by atoms with Crippen molar-refractivity contribution in [2.24, 2.45) is 5.92 Å². The van der Waals surface area contributed by atoms with E-state index >= 15 is 0 Å². The fourth-order valence-electron chi connectivity index (χ4n) is 0.779. The van der Waals surface area contributed by atoms with Crippen LogP contribution >= 0.6 is 11.6 Å². The highest BCUT2D eigenvalue weighted by atomic mass is 35.5.